The van der Waals surface area contributed by atoms with E-state index in [1.54, 1.807) is 19.6 Å². The molecular formula is C15H20N2O2S. The monoisotopic (exact) mass is 292 g/mol. The predicted molar refractivity (Wildman–Crippen MR) is 85.1 cm³/mol. The summed E-state index contributed by atoms with van der Waals surface area (Å²) in [6.45, 7) is 2.08. The van der Waals surface area contributed by atoms with Crippen molar-refractivity contribution in [3.63, 3.8) is 0 Å². The average molecular weight is 292 g/mol. The Labute approximate surface area is 122 Å². The van der Waals surface area contributed by atoms with E-state index in [-0.39, 0.29) is 6.04 Å². The molecule has 20 heavy (non-hydrogen) atoms. The summed E-state index contributed by atoms with van der Waals surface area (Å²) >= 11 is 0. The number of methoxy groups -OCH3 is 1. The first kappa shape index (κ1) is 14.8. The van der Waals surface area contributed by atoms with Crippen molar-refractivity contribution in [1.82, 2.24) is 4.98 Å². The highest BCUT2D eigenvalue weighted by molar-refractivity contribution is 7.84. The van der Waals surface area contributed by atoms with Crippen LogP contribution in [0.25, 0.3) is 10.9 Å². The number of aromatic nitrogens is 1. The normalized spacial score (nSPS) is 14.0. The molecule has 0 fully saturated rings. The van der Waals surface area contributed by atoms with Gasteiger partial charge in [0.1, 0.15) is 11.3 Å². The number of ether oxygens (including phenoxy) is 1. The highest BCUT2D eigenvalue weighted by atomic mass is 32.2. The Morgan fingerprint density at radius 2 is 2.15 bits per heavy atom. The Morgan fingerprint density at radius 3 is 2.80 bits per heavy atom. The Kier molecular flexibility index (Phi) is 4.60. The number of fused-ring (bicyclic) bond motifs is 1. The van der Waals surface area contributed by atoms with Crippen molar-refractivity contribution in [2.24, 2.45) is 0 Å². The highest BCUT2D eigenvalue weighted by Crippen LogP contribution is 2.31. The summed E-state index contributed by atoms with van der Waals surface area (Å²) in [6.07, 6.45) is 3.52. The van der Waals surface area contributed by atoms with Gasteiger partial charge >= 0.3 is 0 Å². The van der Waals surface area contributed by atoms with E-state index in [0.29, 0.717) is 5.75 Å². The molecule has 0 aliphatic heterocycles. The van der Waals surface area contributed by atoms with Gasteiger partial charge in [-0.1, -0.05) is 12.1 Å². The zero-order valence-electron chi connectivity index (χ0n) is 12.3. The van der Waals surface area contributed by atoms with Crippen molar-refractivity contribution < 1.29 is 8.95 Å². The second-order valence-electron chi connectivity index (χ2n) is 4.89. The number of rotatable bonds is 5. The molecule has 2 atom stereocenters. The van der Waals surface area contributed by atoms with Gasteiger partial charge in [0.25, 0.3) is 0 Å². The van der Waals surface area contributed by atoms with E-state index in [2.05, 4.69) is 16.8 Å². The van der Waals surface area contributed by atoms with Crippen molar-refractivity contribution in [1.29, 1.82) is 0 Å². The maximum atomic E-state index is 11.4. The molecule has 0 unspecified atom stereocenters. The van der Waals surface area contributed by atoms with Gasteiger partial charge in [-0.25, -0.2) is 0 Å². The first-order chi connectivity index (χ1) is 9.54. The summed E-state index contributed by atoms with van der Waals surface area (Å²) < 4.78 is 16.8. The largest absolute Gasteiger partial charge is 0.494 e. The average Bonchev–Trinajstić information content (AvgIpc) is 2.44. The van der Waals surface area contributed by atoms with Gasteiger partial charge in [-0.15, -0.1) is 0 Å². The summed E-state index contributed by atoms with van der Waals surface area (Å²) in [5.41, 5.74) is 1.93. The van der Waals surface area contributed by atoms with Gasteiger partial charge in [-0.2, -0.15) is 0 Å². The van der Waals surface area contributed by atoms with Gasteiger partial charge in [0, 0.05) is 53.2 Å². The van der Waals surface area contributed by atoms with Gasteiger partial charge in [0.2, 0.25) is 0 Å². The summed E-state index contributed by atoms with van der Waals surface area (Å²) in [4.78, 5) is 6.55. The molecule has 4 nitrogen and oxygen atoms in total. The maximum absolute atomic E-state index is 11.4. The molecule has 0 aliphatic rings. The van der Waals surface area contributed by atoms with Crippen LogP contribution >= 0.6 is 0 Å². The second-order valence-corrected chi connectivity index (χ2v) is 6.37. The van der Waals surface area contributed by atoms with E-state index >= 15 is 0 Å². The fraction of sp³-hybridized carbons (Fsp3) is 0.400. The summed E-state index contributed by atoms with van der Waals surface area (Å²) in [6, 6.07) is 8.08. The molecule has 0 radical (unpaired) electrons. The molecule has 0 saturated heterocycles. The molecule has 0 N–H and O–H groups in total. The van der Waals surface area contributed by atoms with Crippen molar-refractivity contribution in [2.75, 3.05) is 31.1 Å². The van der Waals surface area contributed by atoms with E-state index in [0.717, 1.165) is 22.3 Å². The number of hydrogen-bond acceptors (Lipinski definition) is 4. The zero-order chi connectivity index (χ0) is 14.7. The van der Waals surface area contributed by atoms with Crippen LogP contribution in [0.1, 0.15) is 6.92 Å². The molecule has 0 aliphatic carbocycles. The zero-order valence-corrected chi connectivity index (χ0v) is 13.1. The first-order valence-corrected chi connectivity index (χ1v) is 8.22. The van der Waals surface area contributed by atoms with Crippen LogP contribution in [0, 0.1) is 0 Å². The van der Waals surface area contributed by atoms with Crippen molar-refractivity contribution in [2.45, 2.75) is 13.0 Å². The van der Waals surface area contributed by atoms with Gasteiger partial charge in [-0.05, 0) is 19.1 Å². The van der Waals surface area contributed by atoms with Crippen LogP contribution in [0.15, 0.2) is 30.5 Å². The molecule has 5 heteroatoms. The third-order valence-corrected chi connectivity index (χ3v) is 4.40. The molecule has 1 heterocycles. The van der Waals surface area contributed by atoms with Gasteiger partial charge < -0.3 is 9.64 Å². The van der Waals surface area contributed by atoms with Crippen molar-refractivity contribution in [3.05, 3.63) is 30.5 Å². The number of hydrogen-bond donors (Lipinski definition) is 0. The lowest BCUT2D eigenvalue weighted by Gasteiger charge is -2.27. The van der Waals surface area contributed by atoms with Crippen LogP contribution in [0.5, 0.6) is 5.75 Å². The predicted octanol–water partition coefficient (Wildman–Crippen LogP) is 2.45. The fourth-order valence-corrected chi connectivity index (χ4v) is 3.20. The number of anilines is 1. The topological polar surface area (TPSA) is 42.4 Å². The third kappa shape index (κ3) is 2.93. The standard InChI is InChI=1S/C15H20N2O2S/c1-11(10-20(4)18)17(2)13-8-9-16-15-12(13)6-5-7-14(15)19-3/h5-9,11H,10H2,1-4H3/t11-,20+/m1/s1. The third-order valence-electron chi connectivity index (χ3n) is 3.45. The minimum Gasteiger partial charge on any atom is -0.494 e. The highest BCUT2D eigenvalue weighted by Gasteiger charge is 2.15. The molecule has 1 aromatic heterocycles. The lowest BCUT2D eigenvalue weighted by molar-refractivity contribution is 0.419. The smallest absolute Gasteiger partial charge is 0.145 e. The molecule has 108 valence electrons. The maximum Gasteiger partial charge on any atom is 0.145 e. The Balaban J connectivity index is 2.46. The van der Waals surface area contributed by atoms with Gasteiger partial charge in [-0.3, -0.25) is 9.19 Å². The summed E-state index contributed by atoms with van der Waals surface area (Å²) in [5, 5.41) is 1.04. The molecule has 0 amide bonds. The van der Waals surface area contributed by atoms with Crippen LogP contribution in [-0.2, 0) is 10.8 Å². The SMILES string of the molecule is COc1cccc2c(N(C)[C@H](C)C[S@](C)=O)ccnc12. The van der Waals surface area contributed by atoms with E-state index in [4.69, 9.17) is 4.74 Å². The van der Waals surface area contributed by atoms with Gasteiger partial charge in [0.15, 0.2) is 0 Å². The van der Waals surface area contributed by atoms with Crippen LogP contribution in [0.4, 0.5) is 5.69 Å². The van der Waals surface area contributed by atoms with Crippen molar-refractivity contribution in [3.8, 4) is 5.75 Å². The van der Waals surface area contributed by atoms with Gasteiger partial charge in [0.05, 0.1) is 7.11 Å². The molecule has 1 aromatic carbocycles. The number of pyridine rings is 1. The minimum atomic E-state index is -0.812. The number of nitrogens with zero attached hydrogens (tertiary/aromatic N) is 2. The Morgan fingerprint density at radius 1 is 1.40 bits per heavy atom. The Hall–Kier alpha value is -1.62. The molecule has 0 bridgehead atoms. The minimum absolute atomic E-state index is 0.192. The van der Waals surface area contributed by atoms with Crippen LogP contribution in [0.3, 0.4) is 0 Å². The summed E-state index contributed by atoms with van der Waals surface area (Å²) in [5.74, 6) is 1.41. The lowest BCUT2D eigenvalue weighted by atomic mass is 10.1. The van der Waals surface area contributed by atoms with Crippen LogP contribution in [-0.4, -0.2) is 41.4 Å². The lowest BCUT2D eigenvalue weighted by Crippen LogP contribution is -2.33. The Bertz CT molecular complexity index is 630. The fourth-order valence-electron chi connectivity index (χ4n) is 2.30. The second kappa shape index (κ2) is 6.22. The van der Waals surface area contributed by atoms with E-state index in [1.165, 1.54) is 0 Å². The molecule has 0 saturated carbocycles. The number of benzene rings is 1. The molecular weight excluding hydrogens is 272 g/mol. The first-order valence-electron chi connectivity index (χ1n) is 6.49. The van der Waals surface area contributed by atoms with E-state index < -0.39 is 10.8 Å². The molecule has 2 rings (SSSR count). The molecule has 2 aromatic rings. The summed E-state index contributed by atoms with van der Waals surface area (Å²) in [7, 11) is 2.86. The van der Waals surface area contributed by atoms with Crippen molar-refractivity contribution >= 4 is 27.4 Å². The molecule has 0 spiro atoms. The van der Waals surface area contributed by atoms with Crippen LogP contribution in [0.2, 0.25) is 0 Å². The quantitative estimate of drug-likeness (QED) is 0.849. The number of para-hydroxylation sites is 1. The van der Waals surface area contributed by atoms with E-state index in [9.17, 15) is 4.21 Å². The van der Waals surface area contributed by atoms with E-state index in [1.807, 2.05) is 31.3 Å². The van der Waals surface area contributed by atoms with Crippen LogP contribution < -0.4 is 9.64 Å².